The summed E-state index contributed by atoms with van der Waals surface area (Å²) in [7, 11) is 1.14. The van der Waals surface area contributed by atoms with E-state index in [1.165, 1.54) is 12.1 Å². The van der Waals surface area contributed by atoms with Gasteiger partial charge in [-0.25, -0.2) is 4.39 Å². The molecule has 2 aromatic rings. The van der Waals surface area contributed by atoms with Crippen LogP contribution in [0.2, 0.25) is 5.02 Å². The predicted molar refractivity (Wildman–Crippen MR) is 111 cm³/mol. The number of allylic oxidation sites excluding steroid dienone is 1. The van der Waals surface area contributed by atoms with Crippen LogP contribution in [0.1, 0.15) is 39.4 Å². The first kappa shape index (κ1) is 26.5. The van der Waals surface area contributed by atoms with Crippen LogP contribution in [0.25, 0.3) is 0 Å². The van der Waals surface area contributed by atoms with E-state index in [-0.39, 0.29) is 23.1 Å². The zero-order chi connectivity index (χ0) is 26.1. The van der Waals surface area contributed by atoms with Crippen molar-refractivity contribution in [2.75, 3.05) is 7.11 Å². The summed E-state index contributed by atoms with van der Waals surface area (Å²) < 4.78 is 96.8. The first-order chi connectivity index (χ1) is 16.2. The van der Waals surface area contributed by atoms with Crippen LogP contribution in [0.5, 0.6) is 0 Å². The molecular formula is C23H17ClF7NO3. The highest BCUT2D eigenvalue weighted by Gasteiger charge is 2.38. The molecule has 0 saturated carbocycles. The molecule has 188 valence electrons. The smallest absolute Gasteiger partial charge is 0.416 e. The maximum absolute atomic E-state index is 13.4. The molecule has 0 spiro atoms. The minimum Gasteiger partial charge on any atom is -0.469 e. The molecule has 12 heteroatoms. The number of hydrogen-bond donors (Lipinski definition) is 1. The lowest BCUT2D eigenvalue weighted by atomic mass is 9.85. The van der Waals surface area contributed by atoms with Crippen molar-refractivity contribution in [2.24, 2.45) is 5.92 Å². The summed E-state index contributed by atoms with van der Waals surface area (Å²) in [4.78, 5) is 25.0. The van der Waals surface area contributed by atoms with Crippen molar-refractivity contribution in [3.05, 3.63) is 81.6 Å². The molecular weight excluding hydrogens is 507 g/mol. The highest BCUT2D eigenvalue weighted by molar-refractivity contribution is 6.31. The van der Waals surface area contributed by atoms with Gasteiger partial charge in [-0.1, -0.05) is 29.8 Å². The number of rotatable bonds is 5. The molecule has 0 heterocycles. The Kier molecular flexibility index (Phi) is 7.49. The molecule has 0 unspecified atom stereocenters. The highest BCUT2D eigenvalue weighted by Crippen LogP contribution is 2.39. The summed E-state index contributed by atoms with van der Waals surface area (Å²) in [5.74, 6) is -4.09. The normalized spacial score (nSPS) is 18.9. The van der Waals surface area contributed by atoms with Crippen LogP contribution in [-0.2, 0) is 21.9 Å². The number of hydrogen-bond acceptors (Lipinski definition) is 3. The Morgan fingerprint density at radius 1 is 1.00 bits per heavy atom. The third-order valence-electron chi connectivity index (χ3n) is 5.46. The number of ether oxygens (including phenoxy) is 1. The van der Waals surface area contributed by atoms with E-state index in [1.54, 1.807) is 6.08 Å². The Morgan fingerprint density at radius 2 is 1.60 bits per heavy atom. The minimum atomic E-state index is -5.10. The predicted octanol–water partition coefficient (Wildman–Crippen LogP) is 6.15. The zero-order valence-corrected chi connectivity index (χ0v) is 18.6. The Balaban J connectivity index is 1.82. The number of halogens is 8. The largest absolute Gasteiger partial charge is 0.469 e. The molecule has 3 rings (SSSR count). The number of benzene rings is 2. The quantitative estimate of drug-likeness (QED) is 0.291. The summed E-state index contributed by atoms with van der Waals surface area (Å²) in [6.45, 7) is 0. The highest BCUT2D eigenvalue weighted by atomic mass is 35.5. The Bertz CT molecular complexity index is 1130. The summed E-state index contributed by atoms with van der Waals surface area (Å²) in [6, 6.07) is 3.18. The van der Waals surface area contributed by atoms with E-state index < -0.39 is 64.6 Å². The second-order valence-corrected chi connectivity index (χ2v) is 8.23. The summed E-state index contributed by atoms with van der Waals surface area (Å²) in [5, 5.41) is 2.33. The molecule has 0 fully saturated rings. The van der Waals surface area contributed by atoms with Crippen molar-refractivity contribution in [2.45, 2.75) is 30.7 Å². The van der Waals surface area contributed by atoms with Crippen LogP contribution in [0, 0.1) is 11.7 Å². The molecule has 1 N–H and O–H groups in total. The molecule has 0 aliphatic heterocycles. The van der Waals surface area contributed by atoms with Crippen molar-refractivity contribution in [1.29, 1.82) is 0 Å². The molecule has 0 saturated heterocycles. The van der Waals surface area contributed by atoms with Crippen LogP contribution < -0.4 is 5.32 Å². The van der Waals surface area contributed by atoms with Gasteiger partial charge in [0.15, 0.2) is 0 Å². The maximum atomic E-state index is 13.4. The molecule has 4 nitrogen and oxygen atoms in total. The molecule has 35 heavy (non-hydrogen) atoms. The molecule has 0 bridgehead atoms. The number of amides is 1. The first-order valence-electron chi connectivity index (χ1n) is 10.0. The molecule has 1 amide bonds. The van der Waals surface area contributed by atoms with Gasteiger partial charge >= 0.3 is 18.3 Å². The van der Waals surface area contributed by atoms with Gasteiger partial charge in [0.1, 0.15) is 5.82 Å². The van der Waals surface area contributed by atoms with Gasteiger partial charge in [-0.2, -0.15) is 26.3 Å². The van der Waals surface area contributed by atoms with Gasteiger partial charge in [0.2, 0.25) is 0 Å². The lowest BCUT2D eigenvalue weighted by molar-refractivity contribution is -0.144. The average Bonchev–Trinajstić information content (AvgIpc) is 3.21. The lowest BCUT2D eigenvalue weighted by Crippen LogP contribution is -2.34. The molecule has 3 atom stereocenters. The lowest BCUT2D eigenvalue weighted by Gasteiger charge is -2.23. The van der Waals surface area contributed by atoms with Gasteiger partial charge in [-0.3, -0.25) is 9.59 Å². The average molecular weight is 524 g/mol. The summed E-state index contributed by atoms with van der Waals surface area (Å²) in [6.07, 6.45) is -7.15. The van der Waals surface area contributed by atoms with Gasteiger partial charge in [-0.05, 0) is 48.2 Å². The summed E-state index contributed by atoms with van der Waals surface area (Å²) >= 11 is 6.08. The molecule has 0 radical (unpaired) electrons. The van der Waals surface area contributed by atoms with Crippen molar-refractivity contribution < 1.29 is 45.1 Å². The van der Waals surface area contributed by atoms with E-state index in [4.69, 9.17) is 16.3 Å². The number of nitrogens with one attached hydrogen (secondary N) is 1. The van der Waals surface area contributed by atoms with Crippen molar-refractivity contribution in [3.8, 4) is 0 Å². The molecule has 2 aromatic carbocycles. The van der Waals surface area contributed by atoms with Crippen LogP contribution >= 0.6 is 11.6 Å². The van der Waals surface area contributed by atoms with Crippen LogP contribution in [0.15, 0.2) is 48.6 Å². The SMILES string of the molecule is COC(=O)[C@H](c1ccc(F)cc1Cl)[C@@H]1C=C[C@H](NC(=O)c2cc(C(F)(F)F)cc(C(F)(F)F)c2)C1. The second kappa shape index (κ2) is 9.88. The number of carbonyl (C=O) groups excluding carboxylic acids is 2. The van der Waals surface area contributed by atoms with Gasteiger partial charge in [0.25, 0.3) is 5.91 Å². The summed E-state index contributed by atoms with van der Waals surface area (Å²) in [5.41, 5.74) is -3.80. The first-order valence-corrected chi connectivity index (χ1v) is 10.4. The fourth-order valence-corrected chi connectivity index (χ4v) is 4.12. The monoisotopic (exact) mass is 523 g/mol. The molecule has 1 aliphatic carbocycles. The zero-order valence-electron chi connectivity index (χ0n) is 17.8. The third-order valence-corrected chi connectivity index (χ3v) is 5.79. The maximum Gasteiger partial charge on any atom is 0.416 e. The third kappa shape index (κ3) is 6.14. The molecule has 1 aliphatic rings. The van der Waals surface area contributed by atoms with E-state index in [9.17, 15) is 40.3 Å². The minimum absolute atomic E-state index is 0.0371. The van der Waals surface area contributed by atoms with Crippen molar-refractivity contribution >= 4 is 23.5 Å². The molecule has 0 aromatic heterocycles. The van der Waals surface area contributed by atoms with Crippen LogP contribution in [-0.4, -0.2) is 25.0 Å². The topological polar surface area (TPSA) is 55.4 Å². The van der Waals surface area contributed by atoms with Gasteiger partial charge < -0.3 is 10.1 Å². The van der Waals surface area contributed by atoms with Crippen molar-refractivity contribution in [1.82, 2.24) is 5.32 Å². The van der Waals surface area contributed by atoms with E-state index in [1.807, 2.05) is 0 Å². The van der Waals surface area contributed by atoms with E-state index in [0.29, 0.717) is 12.1 Å². The second-order valence-electron chi connectivity index (χ2n) is 7.83. The number of methoxy groups -OCH3 is 1. The number of carbonyl (C=O) groups is 2. The van der Waals surface area contributed by atoms with E-state index in [0.717, 1.165) is 19.2 Å². The fourth-order valence-electron chi connectivity index (χ4n) is 3.83. The fraction of sp³-hybridized carbons (Fsp3) is 0.304. The number of esters is 1. The van der Waals surface area contributed by atoms with Crippen LogP contribution in [0.3, 0.4) is 0 Å². The van der Waals surface area contributed by atoms with Crippen molar-refractivity contribution in [3.63, 3.8) is 0 Å². The number of alkyl halides is 6. The standard InChI is InChI=1S/C23H17ClF7NO3/c1-35-21(34)19(17-5-3-15(25)10-18(17)24)11-2-4-16(8-11)32-20(33)12-6-13(22(26,27)28)9-14(7-12)23(29,30)31/h2-7,9-11,16,19H,8H2,1H3,(H,32,33)/t11-,16+,19+/m1/s1. The Hall–Kier alpha value is -3.08. The Labute approximate surface area is 199 Å². The van der Waals surface area contributed by atoms with E-state index >= 15 is 0 Å². The van der Waals surface area contributed by atoms with Gasteiger partial charge in [-0.15, -0.1) is 0 Å². The van der Waals surface area contributed by atoms with Gasteiger partial charge in [0.05, 0.1) is 24.2 Å². The van der Waals surface area contributed by atoms with Gasteiger partial charge in [0, 0.05) is 16.6 Å². The Morgan fingerprint density at radius 3 is 2.11 bits per heavy atom. The van der Waals surface area contributed by atoms with E-state index in [2.05, 4.69) is 5.32 Å². The van der Waals surface area contributed by atoms with Crippen LogP contribution in [0.4, 0.5) is 30.7 Å².